The molecule has 0 fully saturated rings. The second-order valence-corrected chi connectivity index (χ2v) is 1.93. The van der Waals surface area contributed by atoms with Crippen molar-refractivity contribution in [2.24, 2.45) is 10.1 Å². The Bertz CT molecular complexity index is 352. The van der Waals surface area contributed by atoms with Crippen molar-refractivity contribution >= 4 is 5.84 Å². The Labute approximate surface area is 67.8 Å². The third-order valence-electron chi connectivity index (χ3n) is 1.18. The number of rotatable bonds is 1. The number of azo groups is 1. The Kier molecular flexibility index (Phi) is 1.65. The van der Waals surface area contributed by atoms with Crippen LogP contribution in [-0.4, -0.2) is 20.8 Å². The summed E-state index contributed by atoms with van der Waals surface area (Å²) in [5, 5.41) is 7.38. The van der Waals surface area contributed by atoms with Gasteiger partial charge in [-0.1, -0.05) is 0 Å². The minimum atomic E-state index is 0.403. The number of amidine groups is 1. The van der Waals surface area contributed by atoms with Gasteiger partial charge in [-0.2, -0.15) is 0 Å². The van der Waals surface area contributed by atoms with Gasteiger partial charge in [-0.05, 0) is 0 Å². The molecule has 1 aliphatic rings. The van der Waals surface area contributed by atoms with Crippen LogP contribution in [0.25, 0.3) is 0 Å². The van der Waals surface area contributed by atoms with Gasteiger partial charge in [-0.25, -0.2) is 19.9 Å². The molecule has 1 aromatic rings. The lowest BCUT2D eigenvalue weighted by Crippen LogP contribution is -2.06. The summed E-state index contributed by atoms with van der Waals surface area (Å²) in [5.74, 6) is 0.831. The van der Waals surface area contributed by atoms with Crippen LogP contribution in [-0.2, 0) is 0 Å². The van der Waals surface area contributed by atoms with E-state index < -0.39 is 0 Å². The van der Waals surface area contributed by atoms with E-state index in [0.717, 1.165) is 0 Å². The zero-order chi connectivity index (χ0) is 8.23. The SMILES string of the molecule is C1=C[N+]=NC(c2ncncn2)=N1. The molecule has 0 atom stereocenters. The van der Waals surface area contributed by atoms with E-state index in [-0.39, 0.29) is 0 Å². The van der Waals surface area contributed by atoms with E-state index in [4.69, 9.17) is 0 Å². The monoisotopic (exact) mass is 160 g/mol. The van der Waals surface area contributed by atoms with E-state index in [1.807, 2.05) is 0 Å². The molecule has 6 nitrogen and oxygen atoms in total. The summed E-state index contributed by atoms with van der Waals surface area (Å²) in [6.07, 6.45) is 5.80. The van der Waals surface area contributed by atoms with E-state index in [9.17, 15) is 0 Å². The molecule has 0 spiro atoms. The largest absolute Gasteiger partial charge is 0.296 e. The predicted molar refractivity (Wildman–Crippen MR) is 40.1 cm³/mol. The molecule has 2 rings (SSSR count). The zero-order valence-corrected chi connectivity index (χ0v) is 5.99. The average Bonchev–Trinajstić information content (AvgIpc) is 2.21. The molecule has 6 heteroatoms. The Balaban J connectivity index is 2.38. The summed E-state index contributed by atoms with van der Waals surface area (Å²) >= 11 is 0. The van der Waals surface area contributed by atoms with Crippen LogP contribution in [0.5, 0.6) is 0 Å². The Morgan fingerprint density at radius 3 is 2.67 bits per heavy atom. The van der Waals surface area contributed by atoms with Gasteiger partial charge < -0.3 is 0 Å². The molecule has 0 saturated heterocycles. The highest BCUT2D eigenvalue weighted by molar-refractivity contribution is 5.96. The molecule has 1 aliphatic heterocycles. The maximum absolute atomic E-state index is 3.92. The summed E-state index contributed by atoms with van der Waals surface area (Å²) in [6, 6.07) is 0. The summed E-state index contributed by atoms with van der Waals surface area (Å²) in [5.41, 5.74) is 0. The Hall–Kier alpha value is -1.98. The fraction of sp³-hybridized carbons (Fsp3) is 0. The lowest BCUT2D eigenvalue weighted by atomic mass is 10.5. The second-order valence-electron chi connectivity index (χ2n) is 1.93. The maximum Gasteiger partial charge on any atom is 0.296 e. The molecule has 0 aliphatic carbocycles. The summed E-state index contributed by atoms with van der Waals surface area (Å²) in [6.45, 7) is 0. The standard InChI is InChI=1S/C6H4N6/c1-2-11-12-6(8-1)5-9-3-7-4-10-5/h1-4H/q+1. The Morgan fingerprint density at radius 1 is 1.17 bits per heavy atom. The molecule has 2 heterocycles. The zero-order valence-electron chi connectivity index (χ0n) is 5.99. The van der Waals surface area contributed by atoms with E-state index in [1.54, 1.807) is 0 Å². The minimum Gasteiger partial charge on any atom is -0.225 e. The molecule has 0 unspecified atom stereocenters. The van der Waals surface area contributed by atoms with Crippen LogP contribution in [0.3, 0.4) is 0 Å². The highest BCUT2D eigenvalue weighted by atomic mass is 15.2. The van der Waals surface area contributed by atoms with Crippen molar-refractivity contribution in [1.29, 1.82) is 0 Å². The topological polar surface area (TPSA) is 77.5 Å². The number of hydrogen-bond donors (Lipinski definition) is 0. The van der Waals surface area contributed by atoms with Crippen molar-refractivity contribution in [2.75, 3.05) is 0 Å². The lowest BCUT2D eigenvalue weighted by molar-refractivity contribution is 0.995. The highest BCUT2D eigenvalue weighted by Crippen LogP contribution is 1.95. The summed E-state index contributed by atoms with van der Waals surface area (Å²) < 4.78 is 0. The third-order valence-corrected chi connectivity index (χ3v) is 1.18. The maximum atomic E-state index is 3.92. The first-order valence-electron chi connectivity index (χ1n) is 3.23. The van der Waals surface area contributed by atoms with Gasteiger partial charge in [-0.15, -0.1) is 0 Å². The van der Waals surface area contributed by atoms with Crippen LogP contribution in [0.1, 0.15) is 5.82 Å². The summed E-state index contributed by atoms with van der Waals surface area (Å²) in [4.78, 5) is 15.3. The molecule has 0 amide bonds. The van der Waals surface area contributed by atoms with Crippen molar-refractivity contribution in [2.45, 2.75) is 0 Å². The van der Waals surface area contributed by atoms with Gasteiger partial charge in [0.15, 0.2) is 0 Å². The number of nitrogens with zero attached hydrogens (tertiary/aromatic N) is 6. The Morgan fingerprint density at radius 2 is 2.00 bits per heavy atom. The van der Waals surface area contributed by atoms with Crippen molar-refractivity contribution in [3.05, 3.63) is 30.9 Å². The van der Waals surface area contributed by atoms with Crippen molar-refractivity contribution in [1.82, 2.24) is 20.1 Å². The van der Waals surface area contributed by atoms with Crippen LogP contribution in [0.4, 0.5) is 0 Å². The van der Waals surface area contributed by atoms with E-state index in [0.29, 0.717) is 11.7 Å². The molecule has 57 valence electrons. The quantitative estimate of drug-likeness (QED) is 0.575. The van der Waals surface area contributed by atoms with Gasteiger partial charge in [0.25, 0.3) is 12.0 Å². The molecule has 1 radical (unpaired) electrons. The first-order chi connectivity index (χ1) is 5.97. The van der Waals surface area contributed by atoms with Gasteiger partial charge in [-0.3, -0.25) is 0 Å². The third kappa shape index (κ3) is 1.22. The second kappa shape index (κ2) is 2.95. The number of aliphatic imine (C=N–C) groups is 1. The first kappa shape index (κ1) is 6.71. The van der Waals surface area contributed by atoms with E-state index in [1.165, 1.54) is 25.1 Å². The number of hydrogen-bond acceptors (Lipinski definition) is 6. The van der Waals surface area contributed by atoms with Gasteiger partial charge in [0.05, 0.1) is 5.11 Å². The predicted octanol–water partition coefficient (Wildman–Crippen LogP) is -0.109. The molecular weight excluding hydrogens is 156 g/mol. The molecule has 0 saturated carbocycles. The van der Waals surface area contributed by atoms with Crippen molar-refractivity contribution < 1.29 is 0 Å². The molecule has 12 heavy (non-hydrogen) atoms. The van der Waals surface area contributed by atoms with Crippen LogP contribution in [0.2, 0.25) is 0 Å². The molecule has 0 N–H and O–H groups in total. The molecule has 0 bridgehead atoms. The number of aromatic nitrogens is 3. The van der Waals surface area contributed by atoms with Crippen LogP contribution in [0, 0.1) is 0 Å². The summed E-state index contributed by atoms with van der Waals surface area (Å²) in [7, 11) is 0. The molecule has 0 aromatic carbocycles. The van der Waals surface area contributed by atoms with Gasteiger partial charge in [0.2, 0.25) is 10.9 Å². The smallest absolute Gasteiger partial charge is 0.225 e. The van der Waals surface area contributed by atoms with Crippen LogP contribution >= 0.6 is 0 Å². The fourth-order valence-electron chi connectivity index (χ4n) is 0.705. The highest BCUT2D eigenvalue weighted by Gasteiger charge is 2.11. The van der Waals surface area contributed by atoms with Crippen LogP contribution < -0.4 is 5.11 Å². The van der Waals surface area contributed by atoms with E-state index in [2.05, 4.69) is 30.2 Å². The van der Waals surface area contributed by atoms with Gasteiger partial charge in [0.1, 0.15) is 18.9 Å². The van der Waals surface area contributed by atoms with Gasteiger partial charge in [0, 0.05) is 0 Å². The van der Waals surface area contributed by atoms with Crippen LogP contribution in [0.15, 0.2) is 35.2 Å². The van der Waals surface area contributed by atoms with Gasteiger partial charge >= 0.3 is 0 Å². The average molecular weight is 160 g/mol. The van der Waals surface area contributed by atoms with Crippen molar-refractivity contribution in [3.63, 3.8) is 0 Å². The molecular formula is C6H4N6+. The minimum absolute atomic E-state index is 0.403. The molecule has 1 aromatic heterocycles. The lowest BCUT2D eigenvalue weighted by Gasteiger charge is -1.90. The fourth-order valence-corrected chi connectivity index (χ4v) is 0.705. The van der Waals surface area contributed by atoms with E-state index >= 15 is 0 Å². The van der Waals surface area contributed by atoms with Crippen molar-refractivity contribution in [3.8, 4) is 0 Å². The first-order valence-corrected chi connectivity index (χ1v) is 3.23. The normalized spacial score (nSPS) is 14.5.